The van der Waals surface area contributed by atoms with Gasteiger partial charge in [0.15, 0.2) is 0 Å². The highest BCUT2D eigenvalue weighted by atomic mass is 19.1. The number of aromatic nitrogens is 1. The number of hydrogen-bond donors (Lipinski definition) is 2. The van der Waals surface area contributed by atoms with Crippen molar-refractivity contribution in [2.45, 2.75) is 6.92 Å². The summed E-state index contributed by atoms with van der Waals surface area (Å²) in [7, 11) is 0. The van der Waals surface area contributed by atoms with E-state index in [-0.39, 0.29) is 16.6 Å². The molecule has 2 N–H and O–H groups in total. The second-order valence-corrected chi connectivity index (χ2v) is 4.72. The van der Waals surface area contributed by atoms with Crippen molar-refractivity contribution in [1.29, 1.82) is 0 Å². The van der Waals surface area contributed by atoms with Gasteiger partial charge in [-0.25, -0.2) is 8.78 Å². The average molecular weight is 286 g/mol. The second-order valence-electron chi connectivity index (χ2n) is 4.72. The Morgan fingerprint density at radius 1 is 1.05 bits per heavy atom. The number of nitrogens with one attached hydrogen (secondary N) is 2. The number of aromatic amines is 1. The number of halogens is 2. The summed E-state index contributed by atoms with van der Waals surface area (Å²) >= 11 is 0. The largest absolute Gasteiger partial charge is 0.358 e. The zero-order valence-corrected chi connectivity index (χ0v) is 11.2. The molecule has 1 heterocycles. The van der Waals surface area contributed by atoms with Crippen molar-refractivity contribution >= 4 is 22.5 Å². The first-order chi connectivity index (χ1) is 10.1. The van der Waals surface area contributed by atoms with Gasteiger partial charge in [-0.15, -0.1) is 0 Å². The first-order valence-corrected chi connectivity index (χ1v) is 6.40. The molecule has 5 heteroatoms. The van der Waals surface area contributed by atoms with Gasteiger partial charge in [-0.2, -0.15) is 0 Å². The van der Waals surface area contributed by atoms with Gasteiger partial charge in [0, 0.05) is 16.6 Å². The van der Waals surface area contributed by atoms with Gasteiger partial charge in [0.25, 0.3) is 5.91 Å². The maximum atomic E-state index is 14.0. The molecule has 1 amide bonds. The summed E-state index contributed by atoms with van der Waals surface area (Å²) in [5.74, 6) is -1.58. The van der Waals surface area contributed by atoms with Crippen LogP contribution in [-0.2, 0) is 0 Å². The zero-order chi connectivity index (χ0) is 15.0. The Kier molecular flexibility index (Phi) is 3.17. The van der Waals surface area contributed by atoms with Crippen LogP contribution in [0.3, 0.4) is 0 Å². The van der Waals surface area contributed by atoms with Crippen molar-refractivity contribution in [3.05, 3.63) is 65.4 Å². The number of carbonyl (C=O) groups excluding carboxylic acids is 1. The van der Waals surface area contributed by atoms with Gasteiger partial charge in [-0.3, -0.25) is 4.79 Å². The van der Waals surface area contributed by atoms with Crippen molar-refractivity contribution in [3.8, 4) is 0 Å². The minimum absolute atomic E-state index is 0.0626. The monoisotopic (exact) mass is 286 g/mol. The number of para-hydroxylation sites is 1. The lowest BCUT2D eigenvalue weighted by molar-refractivity contribution is 0.102. The van der Waals surface area contributed by atoms with Crippen LogP contribution < -0.4 is 5.32 Å². The Bertz CT molecular complexity index is 839. The number of anilines is 1. The van der Waals surface area contributed by atoms with E-state index in [1.165, 1.54) is 24.3 Å². The molecule has 3 nitrogen and oxygen atoms in total. The number of amides is 1. The van der Waals surface area contributed by atoms with E-state index in [4.69, 9.17) is 0 Å². The molecule has 3 rings (SSSR count). The topological polar surface area (TPSA) is 44.9 Å². The summed E-state index contributed by atoms with van der Waals surface area (Å²) in [5, 5.41) is 2.68. The van der Waals surface area contributed by atoms with Crippen molar-refractivity contribution in [2.75, 3.05) is 5.32 Å². The van der Waals surface area contributed by atoms with Crippen LogP contribution in [0.4, 0.5) is 14.5 Å². The predicted octanol–water partition coefficient (Wildman–Crippen LogP) is 4.01. The Labute approximate surface area is 119 Å². The van der Waals surface area contributed by atoms with Crippen LogP contribution >= 0.6 is 0 Å². The number of hydrogen-bond acceptors (Lipinski definition) is 1. The van der Waals surface area contributed by atoms with Crippen LogP contribution in [0.5, 0.6) is 0 Å². The Hall–Kier alpha value is -2.69. The molecule has 0 atom stereocenters. The summed E-state index contributed by atoms with van der Waals surface area (Å²) in [6, 6.07) is 10.4. The minimum Gasteiger partial charge on any atom is -0.358 e. The fraction of sp³-hybridized carbons (Fsp3) is 0.0625. The van der Waals surface area contributed by atoms with Crippen molar-refractivity contribution in [3.63, 3.8) is 0 Å². The van der Waals surface area contributed by atoms with E-state index in [1.807, 2.05) is 0 Å². The zero-order valence-electron chi connectivity index (χ0n) is 11.2. The van der Waals surface area contributed by atoms with Gasteiger partial charge < -0.3 is 10.3 Å². The van der Waals surface area contributed by atoms with Crippen LogP contribution in [-0.4, -0.2) is 10.9 Å². The lowest BCUT2D eigenvalue weighted by Gasteiger charge is -2.06. The molecule has 106 valence electrons. The van der Waals surface area contributed by atoms with Crippen molar-refractivity contribution in [2.24, 2.45) is 0 Å². The van der Waals surface area contributed by atoms with E-state index in [1.54, 1.807) is 25.1 Å². The summed E-state index contributed by atoms with van der Waals surface area (Å²) < 4.78 is 27.6. The number of carbonyl (C=O) groups is 1. The number of H-pyrrole nitrogens is 1. The van der Waals surface area contributed by atoms with Crippen LogP contribution in [0.15, 0.2) is 42.5 Å². The third-order valence-electron chi connectivity index (χ3n) is 3.31. The summed E-state index contributed by atoms with van der Waals surface area (Å²) in [5.41, 5.74) is 1.31. The minimum atomic E-state index is -0.547. The van der Waals surface area contributed by atoms with Gasteiger partial charge in [-0.05, 0) is 31.2 Å². The summed E-state index contributed by atoms with van der Waals surface area (Å²) in [6.45, 7) is 1.68. The maximum Gasteiger partial charge on any atom is 0.258 e. The van der Waals surface area contributed by atoms with E-state index in [0.29, 0.717) is 11.2 Å². The summed E-state index contributed by atoms with van der Waals surface area (Å²) in [6.07, 6.45) is 0. The van der Waals surface area contributed by atoms with E-state index in [9.17, 15) is 13.6 Å². The lowest BCUT2D eigenvalue weighted by atomic mass is 10.1. The predicted molar refractivity (Wildman–Crippen MR) is 77.3 cm³/mol. The van der Waals surface area contributed by atoms with Crippen LogP contribution in [0, 0.1) is 18.6 Å². The van der Waals surface area contributed by atoms with Gasteiger partial charge >= 0.3 is 0 Å². The van der Waals surface area contributed by atoms with Crippen LogP contribution in [0.1, 0.15) is 16.1 Å². The third kappa shape index (κ3) is 2.27. The first kappa shape index (κ1) is 13.3. The van der Waals surface area contributed by atoms with Gasteiger partial charge in [0.1, 0.15) is 11.6 Å². The molecule has 0 fully saturated rings. The number of rotatable bonds is 2. The van der Waals surface area contributed by atoms with Crippen LogP contribution in [0.2, 0.25) is 0 Å². The normalized spacial score (nSPS) is 10.8. The Balaban J connectivity index is 2.06. The standard InChI is InChI=1S/C16H12F2N2O/c1-9-14(15-11(18)6-4-8-13(15)19-9)16(21)20-12-7-3-2-5-10(12)17/h2-8,19H,1H3,(H,20,21). The molecule has 0 radical (unpaired) electrons. The number of aryl methyl sites for hydroxylation is 1. The summed E-state index contributed by atoms with van der Waals surface area (Å²) in [4.78, 5) is 15.3. The molecule has 0 bridgehead atoms. The van der Waals surface area contributed by atoms with Gasteiger partial charge in [0.2, 0.25) is 0 Å². The van der Waals surface area contributed by atoms with Gasteiger partial charge in [0.05, 0.1) is 11.3 Å². The number of benzene rings is 2. The van der Waals surface area contributed by atoms with Crippen molar-refractivity contribution < 1.29 is 13.6 Å². The highest BCUT2D eigenvalue weighted by molar-refractivity contribution is 6.14. The van der Waals surface area contributed by atoms with E-state index in [2.05, 4.69) is 10.3 Å². The molecule has 0 spiro atoms. The van der Waals surface area contributed by atoms with E-state index < -0.39 is 17.5 Å². The Morgan fingerprint density at radius 3 is 2.52 bits per heavy atom. The fourth-order valence-corrected chi connectivity index (χ4v) is 2.37. The molecule has 21 heavy (non-hydrogen) atoms. The highest BCUT2D eigenvalue weighted by Crippen LogP contribution is 2.26. The smallest absolute Gasteiger partial charge is 0.258 e. The van der Waals surface area contributed by atoms with E-state index in [0.717, 1.165) is 0 Å². The fourth-order valence-electron chi connectivity index (χ4n) is 2.37. The lowest BCUT2D eigenvalue weighted by Crippen LogP contribution is -2.14. The molecule has 2 aromatic carbocycles. The molecule has 1 aromatic heterocycles. The molecule has 0 aliphatic carbocycles. The van der Waals surface area contributed by atoms with Gasteiger partial charge in [-0.1, -0.05) is 18.2 Å². The highest BCUT2D eigenvalue weighted by Gasteiger charge is 2.19. The molecular weight excluding hydrogens is 274 g/mol. The van der Waals surface area contributed by atoms with Crippen molar-refractivity contribution in [1.82, 2.24) is 4.98 Å². The second kappa shape index (κ2) is 5.01. The average Bonchev–Trinajstić information content (AvgIpc) is 2.79. The quantitative estimate of drug-likeness (QED) is 0.734. The molecule has 0 aliphatic rings. The SMILES string of the molecule is Cc1[nH]c2cccc(F)c2c1C(=O)Nc1ccccc1F. The molecule has 0 saturated heterocycles. The molecule has 3 aromatic rings. The van der Waals surface area contributed by atoms with Crippen LogP contribution in [0.25, 0.3) is 10.9 Å². The molecular formula is C16H12F2N2O. The molecule has 0 unspecified atom stereocenters. The Morgan fingerprint density at radius 2 is 1.76 bits per heavy atom. The third-order valence-corrected chi connectivity index (χ3v) is 3.31. The number of fused-ring (bicyclic) bond motifs is 1. The maximum absolute atomic E-state index is 14.0. The molecule has 0 aliphatic heterocycles. The first-order valence-electron chi connectivity index (χ1n) is 6.40. The molecule has 0 saturated carbocycles. The van der Waals surface area contributed by atoms with E-state index >= 15 is 0 Å².